The monoisotopic (exact) mass is 477 g/mol. The van der Waals surface area contributed by atoms with Gasteiger partial charge in [0.2, 0.25) is 11.8 Å². The van der Waals surface area contributed by atoms with Crippen molar-refractivity contribution in [2.45, 2.75) is 71.6 Å². The number of nitrogens with one attached hydrogen (secondary N) is 2. The van der Waals surface area contributed by atoms with Crippen LogP contribution in [0.4, 0.5) is 0 Å². The summed E-state index contributed by atoms with van der Waals surface area (Å²) in [5.41, 5.74) is 1.85. The molecule has 0 unspecified atom stereocenters. The van der Waals surface area contributed by atoms with E-state index in [1.165, 1.54) is 0 Å². The summed E-state index contributed by atoms with van der Waals surface area (Å²) in [6.07, 6.45) is 5.24. The first kappa shape index (κ1) is 25.4. The number of aliphatic hydroxyl groups is 1. The maximum atomic E-state index is 13.0. The maximum absolute atomic E-state index is 13.0. The first-order valence-electron chi connectivity index (χ1n) is 13.0. The largest absolute Gasteiger partial charge is 0.392 e. The van der Waals surface area contributed by atoms with Crippen molar-refractivity contribution in [3.63, 3.8) is 0 Å². The van der Waals surface area contributed by atoms with Gasteiger partial charge in [-0.05, 0) is 66.5 Å². The molecule has 2 aromatic rings. The average Bonchev–Trinajstić information content (AvgIpc) is 2.85. The molecule has 2 aliphatic carbocycles. The second-order valence-electron chi connectivity index (χ2n) is 10.9. The van der Waals surface area contributed by atoms with Gasteiger partial charge in [-0.1, -0.05) is 57.2 Å². The molecule has 7 atom stereocenters. The van der Waals surface area contributed by atoms with Crippen LogP contribution in [0.5, 0.6) is 0 Å². The number of benzene rings is 1. The molecule has 4 rings (SSSR count). The van der Waals surface area contributed by atoms with Crippen LogP contribution in [0.2, 0.25) is 0 Å². The molecule has 0 aliphatic heterocycles. The molecule has 6 nitrogen and oxygen atoms in total. The topological polar surface area (TPSA) is 91.3 Å². The summed E-state index contributed by atoms with van der Waals surface area (Å²) in [7, 11) is 0. The smallest absolute Gasteiger partial charge is 0.224 e. The summed E-state index contributed by atoms with van der Waals surface area (Å²) in [4.78, 5) is 30.0. The molecule has 0 saturated heterocycles. The Bertz CT molecular complexity index is 999. The van der Waals surface area contributed by atoms with Crippen molar-refractivity contribution >= 4 is 11.8 Å². The third-order valence-corrected chi connectivity index (χ3v) is 8.67. The SMILES string of the molecule is C[C@@H]1[C@@H]2[C@@H](O)[C@@H]([C@H](C)C(=O)NCc3ccccn3)CC[C@]2(C)CC[C@@H]1NC(=O)Cc1ccccc1. The maximum Gasteiger partial charge on any atom is 0.224 e. The minimum Gasteiger partial charge on any atom is -0.392 e. The van der Waals surface area contributed by atoms with E-state index in [9.17, 15) is 14.7 Å². The third kappa shape index (κ3) is 5.75. The van der Waals surface area contributed by atoms with Gasteiger partial charge in [0.25, 0.3) is 0 Å². The van der Waals surface area contributed by atoms with Gasteiger partial charge < -0.3 is 15.7 Å². The fourth-order valence-electron chi connectivity index (χ4n) is 6.57. The van der Waals surface area contributed by atoms with Gasteiger partial charge in [0.1, 0.15) is 0 Å². The molecule has 0 radical (unpaired) electrons. The molecular weight excluding hydrogens is 438 g/mol. The van der Waals surface area contributed by atoms with Crippen LogP contribution in [0.3, 0.4) is 0 Å². The van der Waals surface area contributed by atoms with Crippen LogP contribution in [0.25, 0.3) is 0 Å². The fraction of sp³-hybridized carbons (Fsp3) is 0.552. The van der Waals surface area contributed by atoms with E-state index in [1.54, 1.807) is 6.20 Å². The minimum atomic E-state index is -0.576. The summed E-state index contributed by atoms with van der Waals surface area (Å²) in [5.74, 6) is -0.227. The van der Waals surface area contributed by atoms with Crippen molar-refractivity contribution in [1.82, 2.24) is 15.6 Å². The lowest BCUT2D eigenvalue weighted by atomic mass is 9.51. The zero-order valence-corrected chi connectivity index (χ0v) is 21.1. The van der Waals surface area contributed by atoms with Crippen molar-refractivity contribution in [2.75, 3.05) is 0 Å². The number of hydrogen-bond acceptors (Lipinski definition) is 4. The predicted molar refractivity (Wildman–Crippen MR) is 136 cm³/mol. The molecule has 188 valence electrons. The predicted octanol–water partition coefficient (Wildman–Crippen LogP) is 3.88. The number of fused-ring (bicyclic) bond motifs is 1. The van der Waals surface area contributed by atoms with E-state index in [-0.39, 0.29) is 46.9 Å². The number of carbonyl (C=O) groups excluding carboxylic acids is 2. The Morgan fingerprint density at radius 3 is 2.54 bits per heavy atom. The Morgan fingerprint density at radius 1 is 1.11 bits per heavy atom. The second-order valence-corrected chi connectivity index (χ2v) is 10.9. The molecule has 2 fully saturated rings. The summed E-state index contributed by atoms with van der Waals surface area (Å²) in [6, 6.07) is 15.5. The molecule has 3 N–H and O–H groups in total. The van der Waals surface area contributed by atoms with Crippen molar-refractivity contribution in [3.8, 4) is 0 Å². The Hall–Kier alpha value is -2.73. The lowest BCUT2D eigenvalue weighted by molar-refractivity contribution is -0.143. The molecule has 1 heterocycles. The number of rotatable bonds is 7. The Kier molecular flexibility index (Phi) is 7.90. The molecule has 6 heteroatoms. The van der Waals surface area contributed by atoms with E-state index in [4.69, 9.17) is 0 Å². The zero-order chi connectivity index (χ0) is 25.0. The molecule has 0 spiro atoms. The van der Waals surface area contributed by atoms with Crippen LogP contribution < -0.4 is 10.6 Å². The highest BCUT2D eigenvalue weighted by Gasteiger charge is 2.53. The zero-order valence-electron chi connectivity index (χ0n) is 21.1. The van der Waals surface area contributed by atoms with Crippen LogP contribution >= 0.6 is 0 Å². The Labute approximate surface area is 208 Å². The van der Waals surface area contributed by atoms with E-state index < -0.39 is 6.10 Å². The fourth-order valence-corrected chi connectivity index (χ4v) is 6.57. The summed E-state index contributed by atoms with van der Waals surface area (Å²) < 4.78 is 0. The van der Waals surface area contributed by atoms with Crippen LogP contribution in [-0.2, 0) is 22.6 Å². The van der Waals surface area contributed by atoms with Gasteiger partial charge in [0.05, 0.1) is 24.8 Å². The number of nitrogens with zero attached hydrogens (tertiary/aromatic N) is 1. The number of amides is 2. The lowest BCUT2D eigenvalue weighted by Gasteiger charge is -2.56. The first-order chi connectivity index (χ1) is 16.8. The summed E-state index contributed by atoms with van der Waals surface area (Å²) in [6.45, 7) is 6.76. The van der Waals surface area contributed by atoms with Crippen molar-refractivity contribution < 1.29 is 14.7 Å². The van der Waals surface area contributed by atoms with Crippen molar-refractivity contribution in [2.24, 2.45) is 29.1 Å². The van der Waals surface area contributed by atoms with E-state index in [0.717, 1.165) is 36.9 Å². The average molecular weight is 478 g/mol. The molecule has 0 bridgehead atoms. The van der Waals surface area contributed by atoms with Gasteiger partial charge in [-0.2, -0.15) is 0 Å². The number of pyridine rings is 1. The molecule has 2 aliphatic rings. The Morgan fingerprint density at radius 2 is 1.83 bits per heavy atom. The van der Waals surface area contributed by atoms with E-state index in [1.807, 2.05) is 55.5 Å². The van der Waals surface area contributed by atoms with E-state index >= 15 is 0 Å². The van der Waals surface area contributed by atoms with Crippen LogP contribution in [-0.4, -0.2) is 34.1 Å². The first-order valence-corrected chi connectivity index (χ1v) is 13.0. The summed E-state index contributed by atoms with van der Waals surface area (Å²) in [5, 5.41) is 17.8. The Balaban J connectivity index is 1.39. The van der Waals surface area contributed by atoms with E-state index in [2.05, 4.69) is 29.5 Å². The molecular formula is C29H39N3O3. The third-order valence-electron chi connectivity index (χ3n) is 8.67. The van der Waals surface area contributed by atoms with Crippen molar-refractivity contribution in [1.29, 1.82) is 0 Å². The highest BCUT2D eigenvalue weighted by Crippen LogP contribution is 2.55. The second kappa shape index (κ2) is 10.9. The van der Waals surface area contributed by atoms with E-state index in [0.29, 0.717) is 13.0 Å². The van der Waals surface area contributed by atoms with Gasteiger partial charge >= 0.3 is 0 Å². The van der Waals surface area contributed by atoms with Gasteiger partial charge in [0, 0.05) is 18.2 Å². The lowest BCUT2D eigenvalue weighted by Crippen LogP contribution is -2.58. The standard InChI is InChI=1S/C29H39N3O3/c1-19(28(35)31-18-22-11-7-8-16-30-22)23-12-14-29(3)15-13-24(20(2)26(29)27(23)34)32-25(33)17-21-9-5-4-6-10-21/h4-11,16,19-20,23-24,26-27,34H,12-15,17-18H2,1-3H3,(H,31,35)(H,32,33)/t19-,20-,23+,24-,26+,27-,29+/m0/s1. The molecule has 2 amide bonds. The number of aromatic nitrogens is 1. The normalized spacial score (nSPS) is 31.1. The number of carbonyl (C=O) groups is 2. The molecule has 2 saturated carbocycles. The van der Waals surface area contributed by atoms with Crippen LogP contribution in [0.1, 0.15) is 57.7 Å². The molecule has 35 heavy (non-hydrogen) atoms. The van der Waals surface area contributed by atoms with Gasteiger partial charge in [-0.15, -0.1) is 0 Å². The highest BCUT2D eigenvalue weighted by atomic mass is 16.3. The van der Waals surface area contributed by atoms with Gasteiger partial charge in [-0.3, -0.25) is 14.6 Å². The van der Waals surface area contributed by atoms with Crippen molar-refractivity contribution in [3.05, 3.63) is 66.0 Å². The van der Waals surface area contributed by atoms with Gasteiger partial charge in [-0.25, -0.2) is 0 Å². The summed E-state index contributed by atoms with van der Waals surface area (Å²) >= 11 is 0. The molecule has 1 aromatic heterocycles. The van der Waals surface area contributed by atoms with Crippen LogP contribution in [0, 0.1) is 29.1 Å². The van der Waals surface area contributed by atoms with Crippen LogP contribution in [0.15, 0.2) is 54.7 Å². The van der Waals surface area contributed by atoms with Gasteiger partial charge in [0.15, 0.2) is 0 Å². The molecule has 1 aromatic carbocycles. The highest BCUT2D eigenvalue weighted by molar-refractivity contribution is 5.79. The number of hydrogen-bond donors (Lipinski definition) is 3. The quantitative estimate of drug-likeness (QED) is 0.564. The minimum absolute atomic E-state index is 0.0279. The number of aliphatic hydroxyl groups excluding tert-OH is 1.